The zero-order chi connectivity index (χ0) is 16.0. The highest BCUT2D eigenvalue weighted by atomic mass is 35.5. The number of aliphatic carboxylic acids is 1. The van der Waals surface area contributed by atoms with E-state index >= 15 is 0 Å². The van der Waals surface area contributed by atoms with Gasteiger partial charge in [-0.05, 0) is 30.0 Å². The average Bonchev–Trinajstić information content (AvgIpc) is 2.36. The van der Waals surface area contributed by atoms with Crippen LogP contribution in [0.15, 0.2) is 18.2 Å². The number of rotatable bonds is 7. The van der Waals surface area contributed by atoms with Gasteiger partial charge in [-0.15, -0.1) is 0 Å². The van der Waals surface area contributed by atoms with Gasteiger partial charge in [0.2, 0.25) is 5.91 Å². The first-order chi connectivity index (χ1) is 9.83. The smallest absolute Gasteiger partial charge is 0.326 e. The van der Waals surface area contributed by atoms with Crippen molar-refractivity contribution in [3.05, 3.63) is 33.8 Å². The zero-order valence-corrected chi connectivity index (χ0v) is 14.1. The summed E-state index contributed by atoms with van der Waals surface area (Å²) >= 11 is 13.3. The first kappa shape index (κ1) is 18.1. The summed E-state index contributed by atoms with van der Waals surface area (Å²) in [6, 6.07) is 3.85. The summed E-state index contributed by atoms with van der Waals surface area (Å²) in [4.78, 5) is 23.2. The van der Waals surface area contributed by atoms with E-state index in [0.717, 1.165) is 0 Å². The lowest BCUT2D eigenvalue weighted by molar-refractivity contribution is -0.142. The number of hydrogen-bond acceptors (Lipinski definition) is 3. The predicted octanol–water partition coefficient (Wildman–Crippen LogP) is 3.10. The largest absolute Gasteiger partial charge is 0.480 e. The lowest BCUT2D eigenvalue weighted by Crippen LogP contribution is -2.44. The van der Waals surface area contributed by atoms with Gasteiger partial charge in [0.05, 0.1) is 0 Å². The molecule has 0 aliphatic carbocycles. The van der Waals surface area contributed by atoms with Gasteiger partial charge in [0.15, 0.2) is 0 Å². The number of carboxylic acid groups (broad SMARTS) is 1. The molecule has 0 aliphatic heterocycles. The van der Waals surface area contributed by atoms with E-state index in [9.17, 15) is 14.7 Å². The Labute approximate surface area is 138 Å². The van der Waals surface area contributed by atoms with Crippen LogP contribution in [0.2, 0.25) is 10.0 Å². The molecule has 0 saturated heterocycles. The van der Waals surface area contributed by atoms with Crippen molar-refractivity contribution in [1.29, 1.82) is 0 Å². The van der Waals surface area contributed by atoms with E-state index in [1.807, 2.05) is 6.26 Å². The van der Waals surface area contributed by atoms with Gasteiger partial charge < -0.3 is 10.4 Å². The summed E-state index contributed by atoms with van der Waals surface area (Å²) < 4.78 is 0. The Bertz CT molecular complexity index is 505. The minimum atomic E-state index is -1.09. The molecule has 0 fully saturated rings. The monoisotopic (exact) mass is 349 g/mol. The Morgan fingerprint density at radius 1 is 1.29 bits per heavy atom. The summed E-state index contributed by atoms with van der Waals surface area (Å²) in [6.07, 6.45) is 2.03. The standard InChI is InChI=1S/C14H17Cl2NO3S/c1-8(7-21-2)13(18)17-12(14(19)20)5-9-3-10(15)6-11(16)4-9/h3-4,6,8,12H,5,7H2,1-2H3,(H,17,18)(H,19,20). The quantitative estimate of drug-likeness (QED) is 0.793. The van der Waals surface area contributed by atoms with Crippen LogP contribution in [0.25, 0.3) is 0 Å². The summed E-state index contributed by atoms with van der Waals surface area (Å²) in [5.41, 5.74) is 0.665. The van der Waals surface area contributed by atoms with Crippen molar-refractivity contribution in [3.63, 3.8) is 0 Å². The molecule has 2 unspecified atom stereocenters. The molecule has 1 aromatic rings. The molecule has 4 nitrogen and oxygen atoms in total. The number of carbonyl (C=O) groups is 2. The highest BCUT2D eigenvalue weighted by Crippen LogP contribution is 2.20. The van der Waals surface area contributed by atoms with Crippen LogP contribution >= 0.6 is 35.0 Å². The third-order valence-corrected chi connectivity index (χ3v) is 4.11. The molecule has 1 aromatic carbocycles. The van der Waals surface area contributed by atoms with Crippen LogP contribution in [0.4, 0.5) is 0 Å². The highest BCUT2D eigenvalue weighted by Gasteiger charge is 2.23. The molecule has 116 valence electrons. The Kier molecular flexibility index (Phi) is 7.35. The van der Waals surface area contributed by atoms with Crippen LogP contribution in [-0.2, 0) is 16.0 Å². The number of amides is 1. The van der Waals surface area contributed by atoms with Crippen LogP contribution in [0.1, 0.15) is 12.5 Å². The van der Waals surface area contributed by atoms with Crippen molar-refractivity contribution in [2.45, 2.75) is 19.4 Å². The van der Waals surface area contributed by atoms with Gasteiger partial charge in [-0.3, -0.25) is 4.79 Å². The maximum atomic E-state index is 11.9. The van der Waals surface area contributed by atoms with Gasteiger partial charge in [-0.2, -0.15) is 11.8 Å². The number of benzene rings is 1. The van der Waals surface area contributed by atoms with Gasteiger partial charge >= 0.3 is 5.97 Å². The molecule has 1 rings (SSSR count). The minimum absolute atomic E-state index is 0.132. The van der Waals surface area contributed by atoms with Gasteiger partial charge in [0.25, 0.3) is 0 Å². The summed E-state index contributed by atoms with van der Waals surface area (Å²) in [7, 11) is 0. The topological polar surface area (TPSA) is 66.4 Å². The molecule has 0 spiro atoms. The van der Waals surface area contributed by atoms with E-state index in [1.54, 1.807) is 25.1 Å². The van der Waals surface area contributed by atoms with E-state index in [4.69, 9.17) is 23.2 Å². The van der Waals surface area contributed by atoms with Crippen LogP contribution in [0.3, 0.4) is 0 Å². The van der Waals surface area contributed by atoms with Crippen molar-refractivity contribution in [2.75, 3.05) is 12.0 Å². The third-order valence-electron chi connectivity index (χ3n) is 2.84. The maximum Gasteiger partial charge on any atom is 0.326 e. The van der Waals surface area contributed by atoms with Crippen LogP contribution in [0.5, 0.6) is 0 Å². The third kappa shape index (κ3) is 6.16. The van der Waals surface area contributed by atoms with E-state index in [0.29, 0.717) is 21.4 Å². The Morgan fingerprint density at radius 2 is 1.86 bits per heavy atom. The lowest BCUT2D eigenvalue weighted by Gasteiger charge is -2.17. The fraction of sp³-hybridized carbons (Fsp3) is 0.429. The molecule has 2 atom stereocenters. The molecule has 0 heterocycles. The number of hydrogen-bond donors (Lipinski definition) is 2. The summed E-state index contributed by atoms with van der Waals surface area (Å²) in [6.45, 7) is 1.76. The average molecular weight is 350 g/mol. The molecule has 2 N–H and O–H groups in total. The van der Waals surface area contributed by atoms with Gasteiger partial charge in [0.1, 0.15) is 6.04 Å². The van der Waals surface area contributed by atoms with Crippen LogP contribution in [-0.4, -0.2) is 35.0 Å². The van der Waals surface area contributed by atoms with Gasteiger partial charge in [-0.1, -0.05) is 30.1 Å². The SMILES string of the molecule is CSCC(C)C(=O)NC(Cc1cc(Cl)cc(Cl)c1)C(=O)O. The van der Waals surface area contributed by atoms with Crippen LogP contribution < -0.4 is 5.32 Å². The number of nitrogens with one attached hydrogen (secondary N) is 1. The summed E-state index contributed by atoms with van der Waals surface area (Å²) in [5.74, 6) is -0.966. The molecule has 0 bridgehead atoms. The second-order valence-electron chi connectivity index (χ2n) is 4.74. The Morgan fingerprint density at radius 3 is 2.33 bits per heavy atom. The zero-order valence-electron chi connectivity index (χ0n) is 11.7. The molecule has 0 aliphatic rings. The van der Waals surface area contributed by atoms with Gasteiger partial charge in [0, 0.05) is 28.1 Å². The van der Waals surface area contributed by atoms with Gasteiger partial charge in [-0.25, -0.2) is 4.79 Å². The maximum absolute atomic E-state index is 11.9. The fourth-order valence-electron chi connectivity index (χ4n) is 1.80. The Balaban J connectivity index is 2.78. The molecule has 0 aromatic heterocycles. The summed E-state index contributed by atoms with van der Waals surface area (Å²) in [5, 5.41) is 12.7. The normalized spacial score (nSPS) is 13.5. The van der Waals surface area contributed by atoms with Crippen LogP contribution in [0, 0.1) is 5.92 Å². The fourth-order valence-corrected chi connectivity index (χ4v) is 3.03. The van der Waals surface area contributed by atoms with Crippen molar-refractivity contribution < 1.29 is 14.7 Å². The molecule has 1 amide bonds. The minimum Gasteiger partial charge on any atom is -0.480 e. The molecule has 0 saturated carbocycles. The van der Waals surface area contributed by atoms with Crippen molar-refractivity contribution >= 4 is 46.8 Å². The number of carboxylic acids is 1. The van der Waals surface area contributed by atoms with E-state index in [-0.39, 0.29) is 18.2 Å². The second kappa shape index (κ2) is 8.51. The highest BCUT2D eigenvalue weighted by molar-refractivity contribution is 7.98. The molecular formula is C14H17Cl2NO3S. The molecule has 0 radical (unpaired) electrons. The molecular weight excluding hydrogens is 333 g/mol. The van der Waals surface area contributed by atoms with E-state index < -0.39 is 12.0 Å². The first-order valence-corrected chi connectivity index (χ1v) is 8.45. The van der Waals surface area contributed by atoms with E-state index in [2.05, 4.69) is 5.32 Å². The first-order valence-electron chi connectivity index (χ1n) is 6.30. The number of thioether (sulfide) groups is 1. The molecule has 21 heavy (non-hydrogen) atoms. The van der Waals surface area contributed by atoms with Crippen molar-refractivity contribution in [1.82, 2.24) is 5.32 Å². The molecule has 7 heteroatoms. The van der Waals surface area contributed by atoms with Crippen molar-refractivity contribution in [3.8, 4) is 0 Å². The van der Waals surface area contributed by atoms with E-state index in [1.165, 1.54) is 11.8 Å². The number of halogens is 2. The lowest BCUT2D eigenvalue weighted by atomic mass is 10.0. The second-order valence-corrected chi connectivity index (χ2v) is 6.52. The Hall–Kier alpha value is -0.910. The number of carbonyl (C=O) groups excluding carboxylic acids is 1. The predicted molar refractivity (Wildman–Crippen MR) is 87.3 cm³/mol. The van der Waals surface area contributed by atoms with Crippen molar-refractivity contribution in [2.24, 2.45) is 5.92 Å².